The van der Waals surface area contributed by atoms with Gasteiger partial charge < -0.3 is 81.9 Å². The maximum Gasteiger partial charge on any atom is 0.446 e. The van der Waals surface area contributed by atoms with Crippen molar-refractivity contribution in [2.24, 2.45) is 17.4 Å². The Morgan fingerprint density at radius 3 is 1.16 bits per heavy atom. The third-order valence-electron chi connectivity index (χ3n) is 13.8. The topological polar surface area (TPSA) is 732 Å². The van der Waals surface area contributed by atoms with E-state index < -0.39 is 246 Å². The first-order valence-electron chi connectivity index (χ1n) is 29.1. The van der Waals surface area contributed by atoms with Gasteiger partial charge in [0.1, 0.15) is 71.7 Å². The molecule has 3 rings (SSSR count). The predicted octanol–water partition coefficient (Wildman–Crippen LogP) is -6.16. The van der Waals surface area contributed by atoms with E-state index in [0.29, 0.717) is 6.92 Å². The van der Waals surface area contributed by atoms with Crippen molar-refractivity contribution >= 4 is 123 Å². The molecule has 572 valence electrons. The first-order chi connectivity index (χ1) is 47.4. The van der Waals surface area contributed by atoms with E-state index in [9.17, 15) is 128 Å². The molecule has 11 atom stereocenters. The van der Waals surface area contributed by atoms with Crippen LogP contribution >= 0.6 is 0 Å². The number of rotatable bonds is 44. The Balaban J connectivity index is 2.19. The van der Waals surface area contributed by atoms with Crippen molar-refractivity contribution in [1.29, 1.82) is 0 Å². The van der Waals surface area contributed by atoms with Crippen LogP contribution < -0.4 is 66.6 Å². The number of nitrogens with two attached hydrogens (primary N) is 2. The van der Waals surface area contributed by atoms with E-state index in [2.05, 4.69) is 47.5 Å². The fraction of sp³-hybridized carbons (Fsp3) is 0.434. The van der Waals surface area contributed by atoms with E-state index in [0.717, 1.165) is 60.7 Å². The zero-order valence-corrected chi connectivity index (χ0v) is 57.5. The fourth-order valence-electron chi connectivity index (χ4n) is 8.77. The number of carbonyl (C=O) groups excluding carboxylic acids is 9. The smallest absolute Gasteiger partial charge is 0.446 e. The largest absolute Gasteiger partial charge is 0.481 e. The van der Waals surface area contributed by atoms with E-state index in [1.54, 1.807) is 10.6 Å². The Bertz CT molecular complexity index is 4190. The molecule has 20 N–H and O–H groups in total. The quantitative estimate of drug-likeness (QED) is 0.0234. The molecule has 3 aromatic rings. The van der Waals surface area contributed by atoms with Crippen LogP contribution in [0.15, 0.2) is 72.8 Å². The van der Waals surface area contributed by atoms with Crippen molar-refractivity contribution in [1.82, 2.24) is 42.5 Å². The standard InChI is InChI=1S/C53H70N10O35S5/c1-4-25(2)43(62-49(73)38(23-42(67)68)57-45(69)33(54)19-27-5-11-30(12-6-27)96-101(85,86)87)51(75)60-37(22-40(55)64)47(71)58-35(20-28-7-13-31(14-8-28)97-102(88,89)90)46(70)59-36(21-29-9-15-32(16-10-29)98-103(91,92)93)48(72)63-44(26(3)95-100(82,83)84)52(76)61-39(24-94-99(79,80)81)50(74)56-34(53(77)78)17-18-41(65)66/h5-16,25-26,33-39,43-44H,4,17-24,54H2,1-3H3,(H2,55,64)(H,56,74)(H,57,69)(H,58,71)(H,59,70)(H,60,75)(H,61,76)(H,62,73)(H,63,72)(H,65,66)(H,67,68)(H,77,78)(H,79,80,81)(H,82,83,84)(H,85,86,87)(H,88,89,90)(H,91,92,93)/t25-,26?,33-,34-,35-,36-,37-,38-,39-,43-,44-/m0/s1. The summed E-state index contributed by atoms with van der Waals surface area (Å²) < 4.78 is 184. The molecule has 0 fully saturated rings. The number of hydrogen-bond acceptors (Lipinski definition) is 28. The Morgan fingerprint density at radius 1 is 0.417 bits per heavy atom. The molecule has 0 aliphatic heterocycles. The molecule has 50 heteroatoms. The van der Waals surface area contributed by atoms with Gasteiger partial charge in [0.25, 0.3) is 0 Å². The zero-order valence-electron chi connectivity index (χ0n) is 53.4. The van der Waals surface area contributed by atoms with Gasteiger partial charge in [-0.3, -0.25) is 75.5 Å². The van der Waals surface area contributed by atoms with Crippen molar-refractivity contribution in [2.45, 2.75) is 133 Å². The molecular formula is C53H70N10O35S5. The summed E-state index contributed by atoms with van der Waals surface area (Å²) >= 11 is 0. The van der Waals surface area contributed by atoms with Crippen LogP contribution in [-0.4, -0.2) is 218 Å². The molecule has 0 heterocycles. The van der Waals surface area contributed by atoms with Crippen molar-refractivity contribution in [2.75, 3.05) is 6.61 Å². The Morgan fingerprint density at radius 2 is 0.767 bits per heavy atom. The van der Waals surface area contributed by atoms with Crippen molar-refractivity contribution in [3.05, 3.63) is 89.5 Å². The van der Waals surface area contributed by atoms with Crippen LogP contribution in [0.1, 0.15) is 69.6 Å². The molecule has 0 saturated carbocycles. The predicted molar refractivity (Wildman–Crippen MR) is 340 cm³/mol. The number of amides is 9. The summed E-state index contributed by atoms with van der Waals surface area (Å²) in [5, 5.41) is 44.9. The van der Waals surface area contributed by atoms with Crippen LogP contribution in [0.25, 0.3) is 0 Å². The lowest BCUT2D eigenvalue weighted by Gasteiger charge is -2.30. The van der Waals surface area contributed by atoms with Gasteiger partial charge in [-0.05, 0) is 78.8 Å². The lowest BCUT2D eigenvalue weighted by atomic mass is 9.96. The number of nitrogens with one attached hydrogen (secondary N) is 8. The minimum atomic E-state index is -5.71. The van der Waals surface area contributed by atoms with E-state index >= 15 is 0 Å². The fourth-order valence-corrected chi connectivity index (χ4v) is 10.6. The second-order valence-electron chi connectivity index (χ2n) is 21.9. The highest BCUT2D eigenvalue weighted by Gasteiger charge is 2.40. The molecule has 0 spiro atoms. The van der Waals surface area contributed by atoms with Gasteiger partial charge in [0.15, 0.2) is 0 Å². The molecule has 0 bridgehead atoms. The minimum absolute atomic E-state index is 0.00161. The number of carbonyl (C=O) groups is 12. The second-order valence-corrected chi connectivity index (χ2v) is 27.1. The van der Waals surface area contributed by atoms with Gasteiger partial charge in [0.2, 0.25) is 53.2 Å². The third-order valence-corrected chi connectivity index (χ3v) is 15.9. The van der Waals surface area contributed by atoms with E-state index in [1.807, 2.05) is 5.32 Å². The molecule has 3 aromatic carbocycles. The third kappa shape index (κ3) is 33.7. The number of primary amides is 1. The molecular weight excluding hydrogens is 1500 g/mol. The number of carboxylic acid groups (broad SMARTS) is 3. The highest BCUT2D eigenvalue weighted by atomic mass is 32.3. The summed E-state index contributed by atoms with van der Waals surface area (Å²) in [6.07, 6.45) is -8.53. The lowest BCUT2D eigenvalue weighted by Crippen LogP contribution is -2.63. The summed E-state index contributed by atoms with van der Waals surface area (Å²) in [5.74, 6) is -21.1. The van der Waals surface area contributed by atoms with Gasteiger partial charge >= 0.3 is 69.9 Å². The number of hydrogen-bond donors (Lipinski definition) is 18. The van der Waals surface area contributed by atoms with Crippen molar-refractivity contribution in [3.63, 3.8) is 0 Å². The molecule has 0 radical (unpaired) electrons. The Hall–Kier alpha value is -9.87. The molecule has 9 amide bonds. The maximum absolute atomic E-state index is 14.9. The van der Waals surface area contributed by atoms with Gasteiger partial charge in [-0.25, -0.2) is 13.2 Å². The van der Waals surface area contributed by atoms with E-state index in [4.69, 9.17) is 21.1 Å². The van der Waals surface area contributed by atoms with E-state index in [-0.39, 0.29) is 35.3 Å². The van der Waals surface area contributed by atoms with Crippen molar-refractivity contribution in [3.8, 4) is 17.2 Å². The first-order valence-corrected chi connectivity index (χ1v) is 35.9. The highest BCUT2D eigenvalue weighted by Crippen LogP contribution is 2.20. The molecule has 0 aliphatic carbocycles. The SMILES string of the molecule is CC[C@H](C)[C@H](NC(=O)[C@H](CC(=O)O)NC(=O)[C@@H](N)Cc1ccc(OS(=O)(=O)O)cc1)C(=O)N[C@@H](CC(N)=O)C(=O)N[C@@H](Cc1ccc(OS(=O)(=O)O)cc1)C(=O)N[C@@H](Cc1ccc(OS(=O)(=O)O)cc1)C(=O)N[C@H](C(=O)N[C@@H](COS(=O)(=O)O)C(=O)N[C@@H](CCC(=O)O)C(=O)O)C(C)OS(=O)(=O)O. The van der Waals surface area contributed by atoms with Crippen LogP contribution in [0, 0.1) is 5.92 Å². The van der Waals surface area contributed by atoms with Gasteiger partial charge in [0, 0.05) is 19.3 Å². The molecule has 103 heavy (non-hydrogen) atoms. The number of aliphatic carboxylic acids is 3. The van der Waals surface area contributed by atoms with Gasteiger partial charge in [-0.2, -0.15) is 42.1 Å². The summed E-state index contributed by atoms with van der Waals surface area (Å²) in [5.41, 5.74) is 11.5. The Labute approximate surface area is 584 Å². The minimum Gasteiger partial charge on any atom is -0.481 e. The number of carboxylic acids is 3. The van der Waals surface area contributed by atoms with Gasteiger partial charge in [0.05, 0.1) is 25.5 Å². The highest BCUT2D eigenvalue weighted by molar-refractivity contribution is 7.82. The molecule has 0 saturated heterocycles. The summed E-state index contributed by atoms with van der Waals surface area (Å²) in [7, 11) is -26.6. The normalized spacial score (nSPS) is 15.1. The Kier molecular flexibility index (Phi) is 32.6. The first kappa shape index (κ1) is 87.3. The summed E-state index contributed by atoms with van der Waals surface area (Å²) in [6.45, 7) is 1.84. The molecule has 0 aromatic heterocycles. The van der Waals surface area contributed by atoms with Crippen LogP contribution in [0.5, 0.6) is 17.2 Å². The number of benzene rings is 3. The second kappa shape index (κ2) is 38.4. The van der Waals surface area contributed by atoms with Gasteiger partial charge in [-0.15, -0.1) is 0 Å². The monoisotopic (exact) mass is 1570 g/mol. The summed E-state index contributed by atoms with van der Waals surface area (Å²) in [6, 6.07) is -7.10. The van der Waals surface area contributed by atoms with Crippen molar-refractivity contribution < 1.29 is 159 Å². The average molecular weight is 1570 g/mol. The maximum atomic E-state index is 14.9. The van der Waals surface area contributed by atoms with E-state index in [1.165, 1.54) is 26.0 Å². The zero-order chi connectivity index (χ0) is 78.3. The molecule has 1 unspecified atom stereocenters. The lowest BCUT2D eigenvalue weighted by molar-refractivity contribution is -0.144. The van der Waals surface area contributed by atoms with Crippen LogP contribution in [0.2, 0.25) is 0 Å². The summed E-state index contributed by atoms with van der Waals surface area (Å²) in [4.78, 5) is 161. The van der Waals surface area contributed by atoms with Gasteiger partial charge in [-0.1, -0.05) is 56.7 Å². The average Bonchev–Trinajstić information content (AvgIpc) is 0.836. The van der Waals surface area contributed by atoms with Crippen LogP contribution in [-0.2, 0) is 137 Å². The van der Waals surface area contributed by atoms with Crippen LogP contribution in [0.3, 0.4) is 0 Å². The van der Waals surface area contributed by atoms with Crippen LogP contribution in [0.4, 0.5) is 0 Å². The molecule has 45 nitrogen and oxygen atoms in total. The molecule has 0 aliphatic rings.